The maximum absolute atomic E-state index is 12.6. The second-order valence-corrected chi connectivity index (χ2v) is 7.24. The molecule has 2 aromatic carbocycles. The van der Waals surface area contributed by atoms with Crippen molar-refractivity contribution in [2.75, 3.05) is 54.4 Å². The van der Waals surface area contributed by atoms with E-state index in [0.29, 0.717) is 24.3 Å². The van der Waals surface area contributed by atoms with Gasteiger partial charge in [0.25, 0.3) is 0 Å². The summed E-state index contributed by atoms with van der Waals surface area (Å²) in [4.78, 5) is 19.1. The van der Waals surface area contributed by atoms with Crippen molar-refractivity contribution in [3.8, 4) is 6.07 Å². The molecule has 0 atom stereocenters. The Kier molecular flexibility index (Phi) is 6.61. The van der Waals surface area contributed by atoms with Gasteiger partial charge < -0.3 is 20.0 Å². The van der Waals surface area contributed by atoms with E-state index >= 15 is 0 Å². The lowest BCUT2D eigenvalue weighted by molar-refractivity contribution is 0.208. The molecule has 6 nitrogen and oxygen atoms in total. The van der Waals surface area contributed by atoms with Crippen molar-refractivity contribution >= 4 is 23.1 Å². The van der Waals surface area contributed by atoms with Crippen LogP contribution < -0.4 is 15.1 Å². The Hall–Kier alpha value is -3.20. The summed E-state index contributed by atoms with van der Waals surface area (Å²) >= 11 is 0. The molecule has 0 radical (unpaired) electrons. The molecule has 0 saturated carbocycles. The van der Waals surface area contributed by atoms with Gasteiger partial charge in [-0.05, 0) is 62.7 Å². The maximum atomic E-state index is 12.6. The van der Waals surface area contributed by atoms with Crippen molar-refractivity contribution in [1.82, 2.24) is 4.90 Å². The van der Waals surface area contributed by atoms with Gasteiger partial charge in [-0.1, -0.05) is 6.07 Å². The summed E-state index contributed by atoms with van der Waals surface area (Å²) in [5.41, 5.74) is 4.95. The van der Waals surface area contributed by atoms with Gasteiger partial charge >= 0.3 is 6.03 Å². The van der Waals surface area contributed by atoms with Gasteiger partial charge in [0, 0.05) is 56.3 Å². The molecule has 29 heavy (non-hydrogen) atoms. The van der Waals surface area contributed by atoms with Crippen LogP contribution in [0.2, 0.25) is 0 Å². The molecule has 1 saturated heterocycles. The van der Waals surface area contributed by atoms with E-state index in [1.165, 1.54) is 16.9 Å². The lowest BCUT2D eigenvalue weighted by atomic mass is 10.1. The van der Waals surface area contributed by atoms with E-state index in [4.69, 9.17) is 5.26 Å². The van der Waals surface area contributed by atoms with Crippen LogP contribution in [-0.2, 0) is 0 Å². The molecular formula is C23H29N5O. The normalized spacial score (nSPS) is 13.7. The number of aryl methyl sites for hydroxylation is 1. The van der Waals surface area contributed by atoms with Crippen molar-refractivity contribution in [2.45, 2.75) is 20.8 Å². The third-order valence-corrected chi connectivity index (χ3v) is 5.46. The number of carbonyl (C=O) groups excluding carboxylic acids is 1. The summed E-state index contributed by atoms with van der Waals surface area (Å²) in [6, 6.07) is 15.6. The molecule has 2 amide bonds. The minimum absolute atomic E-state index is 0.117. The van der Waals surface area contributed by atoms with E-state index < -0.39 is 0 Å². The number of anilines is 3. The Labute approximate surface area is 173 Å². The van der Waals surface area contributed by atoms with Gasteiger partial charge in [-0.25, -0.2) is 4.79 Å². The highest BCUT2D eigenvalue weighted by atomic mass is 16.2. The van der Waals surface area contributed by atoms with Crippen LogP contribution in [-0.4, -0.2) is 50.2 Å². The van der Waals surface area contributed by atoms with E-state index in [1.54, 1.807) is 24.3 Å². The number of carbonyl (C=O) groups is 1. The standard InChI is InChI=1S/C23H29N5O/c1-4-26(5-2)21-9-10-22(18(3)15-21)27-11-13-28(14-12-27)23(29)25-20-8-6-7-19(16-20)17-24/h6-10,15-16H,4-5,11-14H2,1-3H3,(H,25,29). The predicted octanol–water partition coefficient (Wildman–Crippen LogP) is 4.07. The zero-order valence-corrected chi connectivity index (χ0v) is 17.5. The summed E-state index contributed by atoms with van der Waals surface area (Å²) in [5, 5.41) is 11.9. The highest BCUT2D eigenvalue weighted by molar-refractivity contribution is 5.89. The molecule has 6 heteroatoms. The van der Waals surface area contributed by atoms with Crippen molar-refractivity contribution in [2.24, 2.45) is 0 Å². The van der Waals surface area contributed by atoms with Crippen LogP contribution in [0.15, 0.2) is 42.5 Å². The molecule has 1 fully saturated rings. The molecule has 1 heterocycles. The third kappa shape index (κ3) is 4.80. The van der Waals surface area contributed by atoms with Gasteiger partial charge in [0.15, 0.2) is 0 Å². The van der Waals surface area contributed by atoms with Crippen LogP contribution >= 0.6 is 0 Å². The van der Waals surface area contributed by atoms with E-state index in [9.17, 15) is 4.79 Å². The number of amides is 2. The topological polar surface area (TPSA) is 62.6 Å². The lowest BCUT2D eigenvalue weighted by Gasteiger charge is -2.37. The molecule has 3 rings (SSSR count). The third-order valence-electron chi connectivity index (χ3n) is 5.46. The monoisotopic (exact) mass is 391 g/mol. The quantitative estimate of drug-likeness (QED) is 0.835. The van der Waals surface area contributed by atoms with Crippen molar-refractivity contribution < 1.29 is 4.79 Å². The number of hydrogen-bond donors (Lipinski definition) is 1. The Morgan fingerprint density at radius 3 is 2.45 bits per heavy atom. The molecule has 1 N–H and O–H groups in total. The minimum atomic E-state index is -0.117. The number of nitrogens with zero attached hydrogens (tertiary/aromatic N) is 4. The summed E-state index contributed by atoms with van der Waals surface area (Å²) in [5.74, 6) is 0. The summed E-state index contributed by atoms with van der Waals surface area (Å²) < 4.78 is 0. The van der Waals surface area contributed by atoms with Crippen molar-refractivity contribution in [3.05, 3.63) is 53.6 Å². The fourth-order valence-electron chi connectivity index (χ4n) is 3.80. The molecule has 1 aliphatic heterocycles. The number of urea groups is 1. The summed E-state index contributed by atoms with van der Waals surface area (Å²) in [6.45, 7) is 11.4. The number of piperazine rings is 1. The Morgan fingerprint density at radius 1 is 1.10 bits per heavy atom. The molecule has 0 aromatic heterocycles. The van der Waals surface area contributed by atoms with Crippen LogP contribution in [0.5, 0.6) is 0 Å². The Balaban J connectivity index is 1.60. The minimum Gasteiger partial charge on any atom is -0.372 e. The highest BCUT2D eigenvalue weighted by Crippen LogP contribution is 2.26. The fraction of sp³-hybridized carbons (Fsp3) is 0.391. The molecule has 0 aliphatic carbocycles. The number of hydrogen-bond acceptors (Lipinski definition) is 4. The first-order chi connectivity index (χ1) is 14.0. The van der Waals surface area contributed by atoms with Crippen LogP contribution in [0.25, 0.3) is 0 Å². The lowest BCUT2D eigenvalue weighted by Crippen LogP contribution is -2.50. The first-order valence-electron chi connectivity index (χ1n) is 10.2. The Bertz CT molecular complexity index is 892. The molecule has 152 valence electrons. The van der Waals surface area contributed by atoms with Gasteiger partial charge in [0.05, 0.1) is 11.6 Å². The molecule has 0 bridgehead atoms. The zero-order chi connectivity index (χ0) is 20.8. The summed E-state index contributed by atoms with van der Waals surface area (Å²) in [6.07, 6.45) is 0. The van der Waals surface area contributed by atoms with Gasteiger partial charge in [0.2, 0.25) is 0 Å². The maximum Gasteiger partial charge on any atom is 0.321 e. The first kappa shape index (κ1) is 20.5. The molecule has 0 spiro atoms. The average Bonchev–Trinajstić information content (AvgIpc) is 2.75. The average molecular weight is 392 g/mol. The number of rotatable bonds is 5. The number of nitrogens with one attached hydrogen (secondary N) is 1. The van der Waals surface area contributed by atoms with Crippen LogP contribution in [0.1, 0.15) is 25.0 Å². The largest absolute Gasteiger partial charge is 0.372 e. The Morgan fingerprint density at radius 2 is 1.83 bits per heavy atom. The van der Waals surface area contributed by atoms with Crippen LogP contribution in [0, 0.1) is 18.3 Å². The van der Waals surface area contributed by atoms with Crippen molar-refractivity contribution in [1.29, 1.82) is 5.26 Å². The zero-order valence-electron chi connectivity index (χ0n) is 17.5. The number of nitriles is 1. The van der Waals surface area contributed by atoms with Crippen molar-refractivity contribution in [3.63, 3.8) is 0 Å². The molecule has 1 aliphatic rings. The number of benzene rings is 2. The SMILES string of the molecule is CCN(CC)c1ccc(N2CCN(C(=O)Nc3cccc(C#N)c3)CC2)c(C)c1. The van der Waals surface area contributed by atoms with Gasteiger partial charge in [0.1, 0.15) is 0 Å². The fourth-order valence-corrected chi connectivity index (χ4v) is 3.80. The first-order valence-corrected chi connectivity index (χ1v) is 10.2. The highest BCUT2D eigenvalue weighted by Gasteiger charge is 2.22. The van der Waals surface area contributed by atoms with E-state index in [2.05, 4.69) is 60.2 Å². The van der Waals surface area contributed by atoms with E-state index in [-0.39, 0.29) is 6.03 Å². The van der Waals surface area contributed by atoms with Gasteiger partial charge in [-0.15, -0.1) is 0 Å². The summed E-state index contributed by atoms with van der Waals surface area (Å²) in [7, 11) is 0. The van der Waals surface area contributed by atoms with Crippen LogP contribution in [0.4, 0.5) is 21.9 Å². The van der Waals surface area contributed by atoms with Crippen LogP contribution in [0.3, 0.4) is 0 Å². The smallest absolute Gasteiger partial charge is 0.321 e. The second kappa shape index (κ2) is 9.33. The van der Waals surface area contributed by atoms with Gasteiger partial charge in [-0.2, -0.15) is 5.26 Å². The predicted molar refractivity (Wildman–Crippen MR) is 119 cm³/mol. The molecule has 2 aromatic rings. The second-order valence-electron chi connectivity index (χ2n) is 7.24. The molecular weight excluding hydrogens is 362 g/mol. The van der Waals surface area contributed by atoms with E-state index in [0.717, 1.165) is 26.2 Å². The van der Waals surface area contributed by atoms with Gasteiger partial charge in [-0.3, -0.25) is 0 Å². The van der Waals surface area contributed by atoms with E-state index in [1.807, 2.05) is 4.90 Å². The molecule has 0 unspecified atom stereocenters.